The van der Waals surface area contributed by atoms with Gasteiger partial charge in [-0.1, -0.05) is 6.08 Å². The van der Waals surface area contributed by atoms with E-state index in [0.29, 0.717) is 31.9 Å². The Balaban J connectivity index is 3.02. The van der Waals surface area contributed by atoms with Crippen LogP contribution < -0.4 is 0 Å². The Morgan fingerprint density at radius 3 is 2.72 bits per heavy atom. The van der Waals surface area contributed by atoms with Crippen LogP contribution in [0.1, 0.15) is 20.8 Å². The van der Waals surface area contributed by atoms with Crippen LogP contribution in [0, 0.1) is 11.3 Å². The van der Waals surface area contributed by atoms with Gasteiger partial charge < -0.3 is 18.9 Å². The first-order valence-corrected chi connectivity index (χ1v) is 8.57. The minimum absolute atomic E-state index is 0.0108. The van der Waals surface area contributed by atoms with Gasteiger partial charge in [0.05, 0.1) is 26.4 Å². The molecule has 1 atom stereocenters. The van der Waals surface area contributed by atoms with E-state index in [9.17, 15) is 10.1 Å². The van der Waals surface area contributed by atoms with Crippen LogP contribution in [-0.4, -0.2) is 43.8 Å². The molecule has 0 aromatic rings. The Kier molecular flexibility index (Phi) is 9.79. The summed E-state index contributed by atoms with van der Waals surface area (Å²) in [6.45, 7) is 8.03. The van der Waals surface area contributed by atoms with E-state index < -0.39 is 5.97 Å². The zero-order chi connectivity index (χ0) is 18.7. The third-order valence-corrected chi connectivity index (χ3v) is 3.66. The average Bonchev–Trinajstić information content (AvgIpc) is 2.58. The number of esters is 1. The van der Waals surface area contributed by atoms with Crippen LogP contribution in [0.3, 0.4) is 0 Å². The number of nitriles is 1. The minimum Gasteiger partial charge on any atom is -0.462 e. The molecule has 0 spiro atoms. The zero-order valence-corrected chi connectivity index (χ0v) is 16.1. The first kappa shape index (κ1) is 21.1. The molecular formula is C18H25N2O4P. The van der Waals surface area contributed by atoms with Crippen molar-refractivity contribution in [1.82, 2.24) is 4.90 Å². The standard InChI is InChI=1S/C18H25N2O4P/c1-4-6-16-12-15(17(13-19)18(21)23-5-2)11-14(3)20(16)7-8-22-9-10-24-25/h4,6,11-12H,5,7-10,25H2,1-3H3/b6-4+,17-15-. The number of rotatable bonds is 9. The van der Waals surface area contributed by atoms with Gasteiger partial charge in [0, 0.05) is 33.0 Å². The Bertz CT molecular complexity index is 629. The van der Waals surface area contributed by atoms with E-state index >= 15 is 0 Å². The van der Waals surface area contributed by atoms with Gasteiger partial charge in [0.15, 0.2) is 0 Å². The summed E-state index contributed by atoms with van der Waals surface area (Å²) in [6, 6.07) is 1.95. The maximum Gasteiger partial charge on any atom is 0.349 e. The number of allylic oxidation sites excluding steroid dienone is 6. The summed E-state index contributed by atoms with van der Waals surface area (Å²) < 4.78 is 15.4. The third-order valence-electron chi connectivity index (χ3n) is 3.43. The second-order valence-electron chi connectivity index (χ2n) is 5.15. The van der Waals surface area contributed by atoms with Gasteiger partial charge in [-0.3, -0.25) is 0 Å². The zero-order valence-electron chi connectivity index (χ0n) is 14.9. The van der Waals surface area contributed by atoms with Crippen molar-refractivity contribution in [3.8, 4) is 6.07 Å². The maximum absolute atomic E-state index is 12.0. The fourth-order valence-electron chi connectivity index (χ4n) is 2.34. The van der Waals surface area contributed by atoms with Crippen LogP contribution >= 0.6 is 9.47 Å². The molecule has 1 aliphatic heterocycles. The number of carbonyl (C=O) groups excluding carboxylic acids is 1. The van der Waals surface area contributed by atoms with Crippen molar-refractivity contribution in [3.63, 3.8) is 0 Å². The number of hydrogen-bond donors (Lipinski definition) is 0. The molecule has 0 radical (unpaired) electrons. The van der Waals surface area contributed by atoms with Gasteiger partial charge in [-0.2, -0.15) is 5.26 Å². The highest BCUT2D eigenvalue weighted by Gasteiger charge is 2.20. The molecule has 7 heteroatoms. The van der Waals surface area contributed by atoms with Crippen LogP contribution in [0.4, 0.5) is 0 Å². The summed E-state index contributed by atoms with van der Waals surface area (Å²) >= 11 is 0. The van der Waals surface area contributed by atoms with Gasteiger partial charge >= 0.3 is 5.97 Å². The SMILES string of the molecule is C/C=C/C1=CC(=C(/C#N)C(=O)OCC)/C=C(C)N1CCOCCOP. The molecule has 25 heavy (non-hydrogen) atoms. The highest BCUT2D eigenvalue weighted by Crippen LogP contribution is 2.26. The molecule has 0 aromatic heterocycles. The lowest BCUT2D eigenvalue weighted by atomic mass is 10.0. The topological polar surface area (TPSA) is 71.8 Å². The van der Waals surface area contributed by atoms with Gasteiger partial charge in [0.2, 0.25) is 0 Å². The van der Waals surface area contributed by atoms with Crippen LogP contribution in [0.5, 0.6) is 0 Å². The normalized spacial score (nSPS) is 16.4. The van der Waals surface area contributed by atoms with E-state index in [4.69, 9.17) is 14.0 Å². The largest absolute Gasteiger partial charge is 0.462 e. The molecule has 0 bridgehead atoms. The molecule has 0 aromatic carbocycles. The summed E-state index contributed by atoms with van der Waals surface area (Å²) in [5.74, 6) is -0.602. The summed E-state index contributed by atoms with van der Waals surface area (Å²) in [6.07, 6.45) is 7.47. The molecule has 1 aliphatic rings. The van der Waals surface area contributed by atoms with Gasteiger partial charge in [-0.15, -0.1) is 0 Å². The van der Waals surface area contributed by atoms with Crippen LogP contribution in [0.25, 0.3) is 0 Å². The first-order chi connectivity index (χ1) is 12.1. The van der Waals surface area contributed by atoms with Crippen LogP contribution in [0.2, 0.25) is 0 Å². The van der Waals surface area contributed by atoms with Crippen LogP contribution in [-0.2, 0) is 18.8 Å². The Labute approximate surface area is 151 Å². The number of ether oxygens (including phenoxy) is 2. The van der Waals surface area contributed by atoms with Crippen molar-refractivity contribution >= 4 is 15.4 Å². The Morgan fingerprint density at radius 2 is 2.12 bits per heavy atom. The lowest BCUT2D eigenvalue weighted by molar-refractivity contribution is -0.138. The van der Waals surface area contributed by atoms with Crippen molar-refractivity contribution in [2.75, 3.05) is 33.0 Å². The van der Waals surface area contributed by atoms with E-state index in [1.165, 1.54) is 0 Å². The smallest absolute Gasteiger partial charge is 0.349 e. The van der Waals surface area contributed by atoms with Crippen molar-refractivity contribution in [2.45, 2.75) is 20.8 Å². The molecule has 0 N–H and O–H groups in total. The van der Waals surface area contributed by atoms with E-state index in [1.807, 2.05) is 44.2 Å². The van der Waals surface area contributed by atoms with Gasteiger partial charge in [-0.05, 0) is 39.0 Å². The van der Waals surface area contributed by atoms with Gasteiger partial charge in [-0.25, -0.2) is 4.79 Å². The molecule has 0 saturated carbocycles. The fraction of sp³-hybridized carbons (Fsp3) is 0.444. The predicted molar refractivity (Wildman–Crippen MR) is 99.1 cm³/mol. The second-order valence-corrected chi connectivity index (χ2v) is 5.49. The molecular weight excluding hydrogens is 339 g/mol. The molecule has 0 aliphatic carbocycles. The van der Waals surface area contributed by atoms with Gasteiger partial charge in [0.1, 0.15) is 11.6 Å². The molecule has 1 unspecified atom stereocenters. The van der Waals surface area contributed by atoms with E-state index in [2.05, 4.69) is 14.4 Å². The summed E-state index contributed by atoms with van der Waals surface area (Å²) in [5, 5.41) is 9.34. The molecule has 1 rings (SSSR count). The summed E-state index contributed by atoms with van der Waals surface area (Å²) in [7, 11) is 2.19. The maximum atomic E-state index is 12.0. The van der Waals surface area contributed by atoms with Crippen molar-refractivity contribution in [2.24, 2.45) is 0 Å². The molecule has 6 nitrogen and oxygen atoms in total. The summed E-state index contributed by atoms with van der Waals surface area (Å²) in [4.78, 5) is 14.0. The molecule has 136 valence electrons. The Morgan fingerprint density at radius 1 is 1.36 bits per heavy atom. The quantitative estimate of drug-likeness (QED) is 0.206. The number of nitrogens with zero attached hydrogens (tertiary/aromatic N) is 2. The minimum atomic E-state index is -0.602. The first-order valence-electron chi connectivity index (χ1n) is 8.10. The van der Waals surface area contributed by atoms with Gasteiger partial charge in [0.25, 0.3) is 0 Å². The highest BCUT2D eigenvalue weighted by molar-refractivity contribution is 7.09. The molecule has 0 fully saturated rings. The lowest BCUT2D eigenvalue weighted by Crippen LogP contribution is -2.27. The second kappa shape index (κ2) is 11.6. The molecule has 0 amide bonds. The summed E-state index contributed by atoms with van der Waals surface area (Å²) in [5.41, 5.74) is 2.38. The Hall–Kier alpha value is -1.93. The monoisotopic (exact) mass is 364 g/mol. The van der Waals surface area contributed by atoms with Crippen LogP contribution in [0.15, 0.2) is 46.8 Å². The predicted octanol–water partition coefficient (Wildman–Crippen LogP) is 2.87. The average molecular weight is 364 g/mol. The number of carbonyl (C=O) groups is 1. The van der Waals surface area contributed by atoms with E-state index in [-0.39, 0.29) is 12.2 Å². The van der Waals surface area contributed by atoms with E-state index in [1.54, 1.807) is 6.92 Å². The van der Waals surface area contributed by atoms with Crippen molar-refractivity contribution < 1.29 is 18.8 Å². The van der Waals surface area contributed by atoms with E-state index in [0.717, 1.165) is 11.4 Å². The molecule has 1 heterocycles. The lowest BCUT2D eigenvalue weighted by Gasteiger charge is -2.30. The fourth-order valence-corrected chi connectivity index (χ4v) is 2.44. The van der Waals surface area contributed by atoms with Crippen molar-refractivity contribution in [3.05, 3.63) is 46.8 Å². The van der Waals surface area contributed by atoms with Crippen molar-refractivity contribution in [1.29, 1.82) is 5.26 Å². The molecule has 0 saturated heterocycles. The number of hydrogen-bond acceptors (Lipinski definition) is 6. The third kappa shape index (κ3) is 6.47. The highest BCUT2D eigenvalue weighted by atomic mass is 31.0.